The average Bonchev–Trinajstić information content (AvgIpc) is 3.35. The van der Waals surface area contributed by atoms with Crippen molar-refractivity contribution in [3.05, 3.63) is 45.0 Å². The van der Waals surface area contributed by atoms with E-state index in [4.69, 9.17) is 4.74 Å². The third-order valence-corrected chi connectivity index (χ3v) is 6.43. The predicted molar refractivity (Wildman–Crippen MR) is 104 cm³/mol. The van der Waals surface area contributed by atoms with Crippen LogP contribution >= 0.6 is 22.7 Å². The lowest BCUT2D eigenvalue weighted by Crippen LogP contribution is -2.40. The number of aryl methyl sites for hydroxylation is 1. The number of carbonyl (C=O) groups is 1. The van der Waals surface area contributed by atoms with E-state index >= 15 is 0 Å². The fourth-order valence-electron chi connectivity index (χ4n) is 3.07. The Morgan fingerprint density at radius 1 is 1.42 bits per heavy atom. The quantitative estimate of drug-likeness (QED) is 0.673. The third-order valence-electron chi connectivity index (χ3n) is 4.49. The van der Waals surface area contributed by atoms with Crippen LogP contribution in [0.2, 0.25) is 0 Å². The van der Waals surface area contributed by atoms with Crippen molar-refractivity contribution in [3.8, 4) is 0 Å². The standard InChI is InChI=1S/C18H19N3O3S2/c1-12-11-25-18(23)20(12)10-16(22)21(9-13-5-4-8-24-13)17-19-14-6-2-3-7-15(14)26-17/h2-3,6-7,11,13H,4-5,8-10H2,1H3. The number of ether oxygens (including phenoxy) is 1. The number of hydrogen-bond donors (Lipinski definition) is 0. The molecule has 8 heteroatoms. The smallest absolute Gasteiger partial charge is 0.307 e. The summed E-state index contributed by atoms with van der Waals surface area (Å²) in [7, 11) is 0. The Morgan fingerprint density at radius 3 is 2.96 bits per heavy atom. The van der Waals surface area contributed by atoms with Gasteiger partial charge in [0.05, 0.1) is 22.9 Å². The van der Waals surface area contributed by atoms with E-state index in [2.05, 4.69) is 4.98 Å². The van der Waals surface area contributed by atoms with E-state index in [1.54, 1.807) is 10.3 Å². The summed E-state index contributed by atoms with van der Waals surface area (Å²) >= 11 is 2.61. The Hall–Kier alpha value is -2.03. The Morgan fingerprint density at radius 2 is 2.27 bits per heavy atom. The number of thiazole rings is 2. The molecule has 1 amide bonds. The number of carbonyl (C=O) groups excluding carboxylic acids is 1. The molecule has 1 aliphatic heterocycles. The van der Waals surface area contributed by atoms with Crippen molar-refractivity contribution in [2.75, 3.05) is 18.1 Å². The topological polar surface area (TPSA) is 64.4 Å². The molecule has 3 aromatic rings. The molecule has 1 saturated heterocycles. The number of aromatic nitrogens is 2. The number of anilines is 1. The van der Waals surface area contributed by atoms with Gasteiger partial charge in [0, 0.05) is 17.7 Å². The van der Waals surface area contributed by atoms with E-state index in [1.807, 2.05) is 31.2 Å². The molecule has 1 fully saturated rings. The third kappa shape index (κ3) is 3.44. The van der Waals surface area contributed by atoms with Crippen molar-refractivity contribution in [2.24, 2.45) is 0 Å². The van der Waals surface area contributed by atoms with Crippen LogP contribution in [0.25, 0.3) is 10.2 Å². The van der Waals surface area contributed by atoms with Crippen LogP contribution < -0.4 is 9.77 Å². The van der Waals surface area contributed by atoms with Gasteiger partial charge in [0.15, 0.2) is 5.13 Å². The van der Waals surface area contributed by atoms with Crippen LogP contribution in [0.15, 0.2) is 34.4 Å². The minimum atomic E-state index is -0.136. The van der Waals surface area contributed by atoms with Crippen LogP contribution in [-0.4, -0.2) is 34.7 Å². The second-order valence-corrected chi connectivity index (χ2v) is 8.16. The van der Waals surface area contributed by atoms with Gasteiger partial charge in [0.25, 0.3) is 0 Å². The normalized spacial score (nSPS) is 17.0. The van der Waals surface area contributed by atoms with Gasteiger partial charge in [0.2, 0.25) is 5.91 Å². The molecule has 0 saturated carbocycles. The van der Waals surface area contributed by atoms with Gasteiger partial charge in [-0.25, -0.2) is 4.98 Å². The van der Waals surface area contributed by atoms with Gasteiger partial charge in [-0.05, 0) is 31.9 Å². The maximum atomic E-state index is 13.1. The number of nitrogens with zero attached hydrogens (tertiary/aromatic N) is 3. The van der Waals surface area contributed by atoms with E-state index in [0.717, 1.165) is 46.7 Å². The first-order valence-corrected chi connectivity index (χ1v) is 10.2. The first-order valence-electron chi connectivity index (χ1n) is 8.54. The Bertz CT molecular complexity index is 952. The molecule has 2 aromatic heterocycles. The zero-order chi connectivity index (χ0) is 18.1. The van der Waals surface area contributed by atoms with Crippen LogP contribution in [0.4, 0.5) is 5.13 Å². The van der Waals surface area contributed by atoms with Crippen molar-refractivity contribution in [3.63, 3.8) is 0 Å². The molecule has 0 spiro atoms. The van der Waals surface area contributed by atoms with Gasteiger partial charge in [0.1, 0.15) is 6.54 Å². The highest BCUT2D eigenvalue weighted by Crippen LogP contribution is 2.30. The summed E-state index contributed by atoms with van der Waals surface area (Å²) in [5.41, 5.74) is 1.68. The molecular formula is C18H19N3O3S2. The molecule has 0 bridgehead atoms. The van der Waals surface area contributed by atoms with Crippen LogP contribution in [0, 0.1) is 6.92 Å². The summed E-state index contributed by atoms with van der Waals surface area (Å²) in [6.45, 7) is 3.07. The zero-order valence-corrected chi connectivity index (χ0v) is 16.0. The zero-order valence-electron chi connectivity index (χ0n) is 14.4. The summed E-state index contributed by atoms with van der Waals surface area (Å²) in [5, 5.41) is 2.44. The summed E-state index contributed by atoms with van der Waals surface area (Å²) in [6, 6.07) is 7.84. The highest BCUT2D eigenvalue weighted by molar-refractivity contribution is 7.22. The summed E-state index contributed by atoms with van der Waals surface area (Å²) in [4.78, 5) is 31.3. The van der Waals surface area contributed by atoms with Gasteiger partial charge in [-0.1, -0.05) is 34.8 Å². The van der Waals surface area contributed by atoms with Gasteiger partial charge in [-0.2, -0.15) is 0 Å². The van der Waals surface area contributed by atoms with Gasteiger partial charge in [-0.3, -0.25) is 19.1 Å². The first-order chi connectivity index (χ1) is 12.6. The molecule has 136 valence electrons. The van der Waals surface area contributed by atoms with Crippen molar-refractivity contribution < 1.29 is 9.53 Å². The number of fused-ring (bicyclic) bond motifs is 1. The summed E-state index contributed by atoms with van der Waals surface area (Å²) in [5.74, 6) is -0.136. The second-order valence-electron chi connectivity index (χ2n) is 6.33. The van der Waals surface area contributed by atoms with E-state index in [0.29, 0.717) is 11.7 Å². The maximum absolute atomic E-state index is 13.1. The molecule has 0 radical (unpaired) electrons. The van der Waals surface area contributed by atoms with Gasteiger partial charge < -0.3 is 4.74 Å². The number of rotatable bonds is 5. The van der Waals surface area contributed by atoms with Crippen molar-refractivity contribution in [2.45, 2.75) is 32.4 Å². The van der Waals surface area contributed by atoms with Crippen molar-refractivity contribution in [1.29, 1.82) is 0 Å². The largest absolute Gasteiger partial charge is 0.376 e. The summed E-state index contributed by atoms with van der Waals surface area (Å²) < 4.78 is 8.28. The van der Waals surface area contributed by atoms with Crippen LogP contribution in [0.3, 0.4) is 0 Å². The van der Waals surface area contributed by atoms with Crippen LogP contribution in [0.1, 0.15) is 18.5 Å². The molecular weight excluding hydrogens is 370 g/mol. The molecule has 1 aliphatic rings. The summed E-state index contributed by atoms with van der Waals surface area (Å²) in [6.07, 6.45) is 1.97. The highest BCUT2D eigenvalue weighted by atomic mass is 32.1. The molecule has 4 rings (SSSR count). The van der Waals surface area contributed by atoms with Crippen LogP contribution in [0.5, 0.6) is 0 Å². The number of benzene rings is 1. The highest BCUT2D eigenvalue weighted by Gasteiger charge is 2.26. The molecule has 0 N–H and O–H groups in total. The van der Waals surface area contributed by atoms with E-state index in [-0.39, 0.29) is 23.4 Å². The van der Waals surface area contributed by atoms with E-state index < -0.39 is 0 Å². The Kier molecular flexibility index (Phi) is 4.88. The lowest BCUT2D eigenvalue weighted by atomic mass is 10.2. The fourth-order valence-corrected chi connectivity index (χ4v) is 4.80. The minimum absolute atomic E-state index is 0.0197. The van der Waals surface area contributed by atoms with Crippen LogP contribution in [-0.2, 0) is 16.1 Å². The minimum Gasteiger partial charge on any atom is -0.376 e. The second kappa shape index (κ2) is 7.30. The van der Waals surface area contributed by atoms with Crippen molar-refractivity contribution >= 4 is 43.9 Å². The van der Waals surface area contributed by atoms with E-state index in [9.17, 15) is 9.59 Å². The fraction of sp³-hybridized carbons (Fsp3) is 0.389. The van der Waals surface area contributed by atoms with E-state index in [1.165, 1.54) is 15.9 Å². The molecule has 3 heterocycles. The number of para-hydroxylation sites is 1. The Labute approximate surface area is 158 Å². The lowest BCUT2D eigenvalue weighted by Gasteiger charge is -2.23. The average molecular weight is 390 g/mol. The Balaban J connectivity index is 1.65. The lowest BCUT2D eigenvalue weighted by molar-refractivity contribution is -0.119. The molecule has 1 atom stereocenters. The number of amides is 1. The predicted octanol–water partition coefficient (Wildman–Crippen LogP) is 3.04. The molecule has 26 heavy (non-hydrogen) atoms. The monoisotopic (exact) mass is 389 g/mol. The first kappa shape index (κ1) is 17.4. The molecule has 0 aliphatic carbocycles. The molecule has 6 nitrogen and oxygen atoms in total. The SMILES string of the molecule is Cc1csc(=O)n1CC(=O)N(CC1CCCO1)c1nc2ccccc2s1. The maximum Gasteiger partial charge on any atom is 0.307 e. The molecule has 1 unspecified atom stereocenters. The number of hydrogen-bond acceptors (Lipinski definition) is 6. The van der Waals surface area contributed by atoms with Gasteiger partial charge >= 0.3 is 4.87 Å². The van der Waals surface area contributed by atoms with Crippen molar-refractivity contribution in [1.82, 2.24) is 9.55 Å². The molecule has 1 aromatic carbocycles. The van der Waals surface area contributed by atoms with Gasteiger partial charge in [-0.15, -0.1) is 0 Å².